The molecular weight excluding hydrogens is 264 g/mol. The van der Waals surface area contributed by atoms with Crippen LogP contribution in [0.25, 0.3) is 0 Å². The van der Waals surface area contributed by atoms with E-state index in [1.165, 1.54) is 25.7 Å². The molecule has 3 nitrogen and oxygen atoms in total. The van der Waals surface area contributed by atoms with Crippen molar-refractivity contribution in [3.63, 3.8) is 0 Å². The number of rotatable bonds is 4. The Balaban J connectivity index is 1.60. The lowest BCUT2D eigenvalue weighted by Gasteiger charge is -2.38. The number of aliphatic hydroxyl groups excluding tert-OH is 1. The zero-order valence-corrected chi connectivity index (χ0v) is 12.9. The molecule has 21 heavy (non-hydrogen) atoms. The largest absolute Gasteiger partial charge is 0.490 e. The van der Waals surface area contributed by atoms with Crippen molar-refractivity contribution in [1.82, 2.24) is 0 Å². The van der Waals surface area contributed by atoms with Gasteiger partial charge < -0.3 is 14.6 Å². The summed E-state index contributed by atoms with van der Waals surface area (Å²) >= 11 is 0. The number of aliphatic hydroxyl groups is 1. The molecule has 0 aromatic heterocycles. The van der Waals surface area contributed by atoms with Crippen LogP contribution >= 0.6 is 0 Å². The van der Waals surface area contributed by atoms with Crippen LogP contribution in [0.4, 0.5) is 0 Å². The van der Waals surface area contributed by atoms with Crippen LogP contribution in [0.5, 0.6) is 5.75 Å². The van der Waals surface area contributed by atoms with E-state index < -0.39 is 0 Å². The summed E-state index contributed by atoms with van der Waals surface area (Å²) in [5.41, 5.74) is 1.06. The minimum atomic E-state index is -0.371. The smallest absolute Gasteiger partial charge is 0.119 e. The summed E-state index contributed by atoms with van der Waals surface area (Å²) in [6.07, 6.45) is 7.58. The summed E-state index contributed by atoms with van der Waals surface area (Å²) < 4.78 is 12.2. The van der Waals surface area contributed by atoms with Crippen LogP contribution in [-0.4, -0.2) is 23.4 Å². The van der Waals surface area contributed by atoms with Crippen molar-refractivity contribution >= 4 is 0 Å². The minimum absolute atomic E-state index is 0.0985. The first-order chi connectivity index (χ1) is 10.2. The topological polar surface area (TPSA) is 38.7 Å². The quantitative estimate of drug-likeness (QED) is 0.911. The Morgan fingerprint density at radius 2 is 2.00 bits per heavy atom. The van der Waals surface area contributed by atoms with Gasteiger partial charge in [0, 0.05) is 12.8 Å². The van der Waals surface area contributed by atoms with Crippen molar-refractivity contribution in [3.8, 4) is 5.75 Å². The Kier molecular flexibility index (Phi) is 4.51. The summed E-state index contributed by atoms with van der Waals surface area (Å²) in [6.45, 7) is 2.80. The highest BCUT2D eigenvalue weighted by Gasteiger charge is 2.40. The van der Waals surface area contributed by atoms with E-state index in [0.717, 1.165) is 37.2 Å². The molecule has 0 amide bonds. The highest BCUT2D eigenvalue weighted by atomic mass is 16.5. The van der Waals surface area contributed by atoms with Crippen LogP contribution < -0.4 is 4.74 Å². The molecule has 1 spiro atoms. The first-order valence-electron chi connectivity index (χ1n) is 8.29. The van der Waals surface area contributed by atoms with Crippen molar-refractivity contribution in [2.45, 2.75) is 69.7 Å². The van der Waals surface area contributed by atoms with Crippen LogP contribution in [0, 0.1) is 0 Å². The van der Waals surface area contributed by atoms with Crippen molar-refractivity contribution in [3.05, 3.63) is 29.8 Å². The number of hydrogen-bond acceptors (Lipinski definition) is 3. The van der Waals surface area contributed by atoms with Crippen LogP contribution in [0.1, 0.15) is 63.5 Å². The second-order valence-corrected chi connectivity index (χ2v) is 6.46. The van der Waals surface area contributed by atoms with Crippen molar-refractivity contribution in [1.29, 1.82) is 0 Å². The monoisotopic (exact) mass is 290 g/mol. The van der Waals surface area contributed by atoms with Gasteiger partial charge in [0.25, 0.3) is 0 Å². The van der Waals surface area contributed by atoms with Gasteiger partial charge in [0.2, 0.25) is 0 Å². The molecule has 1 heterocycles. The van der Waals surface area contributed by atoms with Gasteiger partial charge in [-0.05, 0) is 37.0 Å². The number of ether oxygens (including phenoxy) is 2. The SMILES string of the molecule is CC[C@@H](O)c1ccc(OC2CCOC3(CCCC3)C2)cc1. The van der Waals surface area contributed by atoms with Crippen LogP contribution in [0.2, 0.25) is 0 Å². The van der Waals surface area contributed by atoms with E-state index in [1.54, 1.807) is 0 Å². The third kappa shape index (κ3) is 3.41. The molecule has 1 aliphatic heterocycles. The second-order valence-electron chi connectivity index (χ2n) is 6.46. The maximum absolute atomic E-state index is 9.82. The lowest BCUT2D eigenvalue weighted by molar-refractivity contribution is -0.108. The van der Waals surface area contributed by atoms with E-state index in [0.29, 0.717) is 0 Å². The van der Waals surface area contributed by atoms with Gasteiger partial charge in [-0.3, -0.25) is 0 Å². The first kappa shape index (κ1) is 14.9. The van der Waals surface area contributed by atoms with Gasteiger partial charge in [0.05, 0.1) is 18.3 Å². The van der Waals surface area contributed by atoms with Gasteiger partial charge in [-0.25, -0.2) is 0 Å². The molecule has 2 atom stereocenters. The fraction of sp³-hybridized carbons (Fsp3) is 0.667. The van der Waals surface area contributed by atoms with Crippen molar-refractivity contribution in [2.24, 2.45) is 0 Å². The second kappa shape index (κ2) is 6.37. The van der Waals surface area contributed by atoms with Gasteiger partial charge in [-0.15, -0.1) is 0 Å². The Morgan fingerprint density at radius 3 is 2.67 bits per heavy atom. The van der Waals surface area contributed by atoms with Gasteiger partial charge >= 0.3 is 0 Å². The molecular formula is C18H26O3. The molecule has 0 bridgehead atoms. The maximum Gasteiger partial charge on any atom is 0.119 e. The van der Waals surface area contributed by atoms with Crippen LogP contribution in [-0.2, 0) is 4.74 Å². The zero-order valence-electron chi connectivity index (χ0n) is 12.9. The molecule has 1 saturated heterocycles. The van der Waals surface area contributed by atoms with E-state index in [4.69, 9.17) is 9.47 Å². The van der Waals surface area contributed by atoms with Gasteiger partial charge in [-0.1, -0.05) is 31.9 Å². The van der Waals surface area contributed by atoms with Crippen molar-refractivity contribution < 1.29 is 14.6 Å². The number of hydrogen-bond donors (Lipinski definition) is 1. The molecule has 3 rings (SSSR count). The fourth-order valence-electron chi connectivity index (χ4n) is 3.65. The molecule has 1 aromatic rings. The van der Waals surface area contributed by atoms with E-state index in [9.17, 15) is 5.11 Å². The molecule has 2 aliphatic rings. The third-order valence-electron chi connectivity index (χ3n) is 4.92. The molecule has 1 aromatic carbocycles. The molecule has 1 saturated carbocycles. The van der Waals surface area contributed by atoms with Gasteiger partial charge in [0.15, 0.2) is 0 Å². The molecule has 1 aliphatic carbocycles. The Bertz CT molecular complexity index is 448. The molecule has 116 valence electrons. The van der Waals surface area contributed by atoms with E-state index in [1.807, 2.05) is 31.2 Å². The predicted octanol–water partition coefficient (Wildman–Crippen LogP) is 4.00. The molecule has 0 radical (unpaired) electrons. The maximum atomic E-state index is 9.82. The normalized spacial score (nSPS) is 25.9. The summed E-state index contributed by atoms with van der Waals surface area (Å²) in [6, 6.07) is 7.89. The minimum Gasteiger partial charge on any atom is -0.490 e. The Labute approximate surface area is 127 Å². The number of benzene rings is 1. The lowest BCUT2D eigenvalue weighted by Crippen LogP contribution is -2.41. The lowest BCUT2D eigenvalue weighted by atomic mass is 9.90. The average Bonchev–Trinajstić information content (AvgIpc) is 2.95. The zero-order chi connectivity index (χ0) is 14.7. The van der Waals surface area contributed by atoms with E-state index in [2.05, 4.69) is 0 Å². The highest BCUT2D eigenvalue weighted by Crippen LogP contribution is 2.40. The molecule has 3 heteroatoms. The third-order valence-corrected chi connectivity index (χ3v) is 4.92. The van der Waals surface area contributed by atoms with Gasteiger partial charge in [-0.2, -0.15) is 0 Å². The van der Waals surface area contributed by atoms with Crippen LogP contribution in [0.3, 0.4) is 0 Å². The molecule has 2 fully saturated rings. The standard InChI is InChI=1S/C18H26O3/c1-2-17(19)14-5-7-15(8-6-14)21-16-9-12-20-18(13-16)10-3-4-11-18/h5-8,16-17,19H,2-4,9-13H2,1H3/t16?,17-/m1/s1. The summed E-state index contributed by atoms with van der Waals surface area (Å²) in [5.74, 6) is 0.905. The summed E-state index contributed by atoms with van der Waals surface area (Å²) in [4.78, 5) is 0. The Morgan fingerprint density at radius 1 is 1.29 bits per heavy atom. The summed E-state index contributed by atoms with van der Waals surface area (Å²) in [5, 5.41) is 9.82. The fourth-order valence-corrected chi connectivity index (χ4v) is 3.65. The Hall–Kier alpha value is -1.06. The molecule has 1 unspecified atom stereocenters. The highest BCUT2D eigenvalue weighted by molar-refractivity contribution is 5.28. The van der Waals surface area contributed by atoms with E-state index >= 15 is 0 Å². The summed E-state index contributed by atoms with van der Waals surface area (Å²) in [7, 11) is 0. The molecule has 1 N–H and O–H groups in total. The van der Waals surface area contributed by atoms with E-state index in [-0.39, 0.29) is 17.8 Å². The van der Waals surface area contributed by atoms with Gasteiger partial charge in [0.1, 0.15) is 11.9 Å². The van der Waals surface area contributed by atoms with Crippen LogP contribution in [0.15, 0.2) is 24.3 Å². The average molecular weight is 290 g/mol. The van der Waals surface area contributed by atoms with Crippen molar-refractivity contribution in [2.75, 3.05) is 6.61 Å². The first-order valence-corrected chi connectivity index (χ1v) is 8.29. The predicted molar refractivity (Wildman–Crippen MR) is 82.5 cm³/mol.